The Hall–Kier alpha value is -1.56. The molecule has 1 aromatic carbocycles. The Balaban J connectivity index is 2.02. The molecule has 0 saturated carbocycles. The summed E-state index contributed by atoms with van der Waals surface area (Å²) in [5, 5.41) is 0. The van der Waals surface area contributed by atoms with Crippen LogP contribution in [0.4, 0.5) is 4.79 Å². The Morgan fingerprint density at radius 1 is 1.26 bits per heavy atom. The van der Waals surface area contributed by atoms with Crippen molar-refractivity contribution in [2.75, 3.05) is 19.7 Å². The molecule has 0 bridgehead atoms. The lowest BCUT2D eigenvalue weighted by molar-refractivity contribution is -0.150. The molecular weight excluding hydrogens is 410 g/mol. The summed E-state index contributed by atoms with van der Waals surface area (Å²) >= 11 is 3.49. The standard InChI is InChI=1S/C21H30BrNO4/c1-5-26-19(24)18(14-15-7-6-8-17(22)13-15)16-9-11-23(12-10-16)20(25)27-21(2,3)4/h6-8,13,16,18H,5,9-12,14H2,1-4H3. The van der Waals surface area contributed by atoms with Gasteiger partial charge in [0.05, 0.1) is 12.5 Å². The summed E-state index contributed by atoms with van der Waals surface area (Å²) in [7, 11) is 0. The smallest absolute Gasteiger partial charge is 0.410 e. The highest BCUT2D eigenvalue weighted by molar-refractivity contribution is 9.10. The van der Waals surface area contributed by atoms with Crippen molar-refractivity contribution in [2.45, 2.75) is 52.6 Å². The number of ether oxygens (including phenoxy) is 2. The first-order chi connectivity index (χ1) is 12.7. The van der Waals surface area contributed by atoms with Crippen LogP contribution in [0.5, 0.6) is 0 Å². The second kappa shape index (κ2) is 9.58. The van der Waals surface area contributed by atoms with E-state index in [1.54, 1.807) is 4.90 Å². The van der Waals surface area contributed by atoms with Gasteiger partial charge in [0, 0.05) is 17.6 Å². The normalized spacial score (nSPS) is 16.7. The molecule has 1 fully saturated rings. The highest BCUT2D eigenvalue weighted by atomic mass is 79.9. The van der Waals surface area contributed by atoms with Crippen LogP contribution in [0, 0.1) is 11.8 Å². The van der Waals surface area contributed by atoms with Crippen LogP contribution in [0.25, 0.3) is 0 Å². The third kappa shape index (κ3) is 6.83. The van der Waals surface area contributed by atoms with Crippen LogP contribution in [0.15, 0.2) is 28.7 Å². The lowest BCUT2D eigenvalue weighted by Gasteiger charge is -2.36. The minimum Gasteiger partial charge on any atom is -0.466 e. The summed E-state index contributed by atoms with van der Waals surface area (Å²) in [4.78, 5) is 26.6. The SMILES string of the molecule is CCOC(=O)C(Cc1cccc(Br)c1)C1CCN(C(=O)OC(C)(C)C)CC1. The Morgan fingerprint density at radius 2 is 1.93 bits per heavy atom. The maximum absolute atomic E-state index is 12.6. The predicted octanol–water partition coefficient (Wildman–Crippen LogP) is 4.82. The second-order valence-corrected chi connectivity index (χ2v) is 8.91. The number of likely N-dealkylation sites (tertiary alicyclic amines) is 1. The fourth-order valence-electron chi connectivity index (χ4n) is 3.42. The number of hydrogen-bond acceptors (Lipinski definition) is 4. The molecule has 0 spiro atoms. The van der Waals surface area contributed by atoms with Gasteiger partial charge in [-0.05, 0) is 70.6 Å². The largest absolute Gasteiger partial charge is 0.466 e. The minimum atomic E-state index is -0.498. The molecule has 1 amide bonds. The molecule has 1 saturated heterocycles. The van der Waals surface area contributed by atoms with E-state index in [4.69, 9.17) is 9.47 Å². The van der Waals surface area contributed by atoms with Gasteiger partial charge < -0.3 is 14.4 Å². The van der Waals surface area contributed by atoms with Gasteiger partial charge in [-0.25, -0.2) is 4.79 Å². The zero-order valence-electron chi connectivity index (χ0n) is 16.7. The zero-order valence-corrected chi connectivity index (χ0v) is 18.3. The quantitative estimate of drug-likeness (QED) is 0.617. The Labute approximate surface area is 170 Å². The summed E-state index contributed by atoms with van der Waals surface area (Å²) < 4.78 is 11.8. The average Bonchev–Trinajstić information content (AvgIpc) is 2.58. The summed E-state index contributed by atoms with van der Waals surface area (Å²) in [5.74, 6) is -0.144. The number of rotatable bonds is 5. The maximum atomic E-state index is 12.6. The molecule has 5 nitrogen and oxygen atoms in total. The van der Waals surface area contributed by atoms with E-state index in [9.17, 15) is 9.59 Å². The molecule has 1 aromatic rings. The van der Waals surface area contributed by atoms with Crippen LogP contribution in [-0.4, -0.2) is 42.3 Å². The van der Waals surface area contributed by atoms with Gasteiger partial charge in [-0.1, -0.05) is 28.1 Å². The zero-order chi connectivity index (χ0) is 20.0. The fraction of sp³-hybridized carbons (Fsp3) is 0.619. The van der Waals surface area contributed by atoms with Gasteiger partial charge in [0.1, 0.15) is 5.60 Å². The average molecular weight is 440 g/mol. The number of esters is 1. The molecular formula is C21H30BrNO4. The van der Waals surface area contributed by atoms with Crippen LogP contribution >= 0.6 is 15.9 Å². The van der Waals surface area contributed by atoms with Crippen LogP contribution in [-0.2, 0) is 20.7 Å². The monoisotopic (exact) mass is 439 g/mol. The highest BCUT2D eigenvalue weighted by Gasteiger charge is 2.34. The Morgan fingerprint density at radius 3 is 2.48 bits per heavy atom. The van der Waals surface area contributed by atoms with Crippen molar-refractivity contribution in [1.82, 2.24) is 4.90 Å². The number of amides is 1. The number of hydrogen-bond donors (Lipinski definition) is 0. The van der Waals surface area contributed by atoms with Gasteiger partial charge in [-0.15, -0.1) is 0 Å². The van der Waals surface area contributed by atoms with E-state index in [1.807, 2.05) is 52.0 Å². The maximum Gasteiger partial charge on any atom is 0.410 e. The number of nitrogens with zero attached hydrogens (tertiary/aromatic N) is 1. The summed E-state index contributed by atoms with van der Waals surface area (Å²) in [6.07, 6.45) is 1.92. The van der Waals surface area contributed by atoms with E-state index in [-0.39, 0.29) is 23.9 Å². The summed E-state index contributed by atoms with van der Waals surface area (Å²) in [5.41, 5.74) is 0.610. The van der Waals surface area contributed by atoms with Crippen LogP contribution in [0.1, 0.15) is 46.1 Å². The molecule has 0 N–H and O–H groups in total. The summed E-state index contributed by atoms with van der Waals surface area (Å²) in [6, 6.07) is 8.03. The lowest BCUT2D eigenvalue weighted by atomic mass is 9.80. The van der Waals surface area contributed by atoms with Crippen LogP contribution < -0.4 is 0 Å². The molecule has 2 rings (SSSR count). The third-order valence-corrected chi connectivity index (χ3v) is 5.19. The lowest BCUT2D eigenvalue weighted by Crippen LogP contribution is -2.44. The van der Waals surface area contributed by atoms with Crippen molar-refractivity contribution in [3.8, 4) is 0 Å². The highest BCUT2D eigenvalue weighted by Crippen LogP contribution is 2.30. The fourth-order valence-corrected chi connectivity index (χ4v) is 3.87. The molecule has 1 heterocycles. The predicted molar refractivity (Wildman–Crippen MR) is 109 cm³/mol. The third-order valence-electron chi connectivity index (χ3n) is 4.69. The van der Waals surface area contributed by atoms with Crippen molar-refractivity contribution in [3.05, 3.63) is 34.3 Å². The molecule has 1 atom stereocenters. The van der Waals surface area contributed by atoms with E-state index in [0.717, 1.165) is 22.9 Å². The van der Waals surface area contributed by atoms with E-state index in [0.29, 0.717) is 26.1 Å². The van der Waals surface area contributed by atoms with Crippen molar-refractivity contribution < 1.29 is 19.1 Å². The molecule has 0 aromatic heterocycles. The first kappa shape index (κ1) is 21.7. The number of benzene rings is 1. The Bertz CT molecular complexity index is 648. The van der Waals surface area contributed by atoms with E-state index >= 15 is 0 Å². The molecule has 1 aliphatic rings. The van der Waals surface area contributed by atoms with Crippen molar-refractivity contribution in [3.63, 3.8) is 0 Å². The van der Waals surface area contributed by atoms with E-state index in [1.165, 1.54) is 0 Å². The van der Waals surface area contributed by atoms with Gasteiger partial charge in [0.2, 0.25) is 0 Å². The van der Waals surface area contributed by atoms with Crippen LogP contribution in [0.2, 0.25) is 0 Å². The first-order valence-electron chi connectivity index (χ1n) is 9.58. The molecule has 0 aliphatic carbocycles. The van der Waals surface area contributed by atoms with Crippen molar-refractivity contribution in [2.24, 2.45) is 11.8 Å². The second-order valence-electron chi connectivity index (χ2n) is 8.00. The summed E-state index contributed by atoms with van der Waals surface area (Å²) in [6.45, 7) is 9.02. The van der Waals surface area contributed by atoms with Crippen LogP contribution in [0.3, 0.4) is 0 Å². The van der Waals surface area contributed by atoms with Crippen molar-refractivity contribution in [1.29, 1.82) is 0 Å². The molecule has 150 valence electrons. The van der Waals surface area contributed by atoms with Gasteiger partial charge in [-0.2, -0.15) is 0 Å². The number of halogens is 1. The number of carbonyl (C=O) groups excluding carboxylic acids is 2. The Kier molecular flexibility index (Phi) is 7.71. The van der Waals surface area contributed by atoms with Gasteiger partial charge in [0.25, 0.3) is 0 Å². The molecule has 0 radical (unpaired) electrons. The molecule has 1 aliphatic heterocycles. The first-order valence-corrected chi connectivity index (χ1v) is 10.4. The van der Waals surface area contributed by atoms with Gasteiger partial charge in [-0.3, -0.25) is 4.79 Å². The van der Waals surface area contributed by atoms with E-state index in [2.05, 4.69) is 15.9 Å². The van der Waals surface area contributed by atoms with Crippen molar-refractivity contribution >= 4 is 28.0 Å². The number of carbonyl (C=O) groups is 2. The molecule has 1 unspecified atom stereocenters. The van der Waals surface area contributed by atoms with Gasteiger partial charge in [0.15, 0.2) is 0 Å². The van der Waals surface area contributed by atoms with Gasteiger partial charge >= 0.3 is 12.1 Å². The number of piperidine rings is 1. The molecule has 27 heavy (non-hydrogen) atoms. The van der Waals surface area contributed by atoms with E-state index < -0.39 is 5.60 Å². The topological polar surface area (TPSA) is 55.8 Å². The molecule has 6 heteroatoms. The minimum absolute atomic E-state index is 0.145.